The summed E-state index contributed by atoms with van der Waals surface area (Å²) in [5.41, 5.74) is 0.703. The topological polar surface area (TPSA) is 98.8 Å². The van der Waals surface area contributed by atoms with Gasteiger partial charge in [0.1, 0.15) is 23.5 Å². The molecule has 0 aromatic heterocycles. The maximum absolute atomic E-state index is 13.4. The van der Waals surface area contributed by atoms with E-state index in [1.54, 1.807) is 26.0 Å². The molecule has 1 aromatic rings. The monoisotopic (exact) mass is 476 g/mol. The molecule has 4 rings (SSSR count). The smallest absolute Gasteiger partial charge is 0.342 e. The Kier molecular flexibility index (Phi) is 7.16. The molecule has 0 spiro atoms. The Hall–Kier alpha value is -2.62. The van der Waals surface area contributed by atoms with Gasteiger partial charge in [-0.25, -0.2) is 4.79 Å². The van der Waals surface area contributed by atoms with Crippen LogP contribution < -0.4 is 14.2 Å². The fourth-order valence-electron chi connectivity index (χ4n) is 4.34. The van der Waals surface area contributed by atoms with E-state index in [0.29, 0.717) is 36.3 Å². The van der Waals surface area contributed by atoms with Crippen molar-refractivity contribution in [1.29, 1.82) is 0 Å². The molecule has 0 unspecified atom stereocenters. The van der Waals surface area contributed by atoms with Crippen molar-refractivity contribution in [3.8, 4) is 17.2 Å². The first-order chi connectivity index (χ1) is 16.2. The van der Waals surface area contributed by atoms with Gasteiger partial charge >= 0.3 is 5.97 Å². The highest BCUT2D eigenvalue weighted by Gasteiger charge is 2.44. The van der Waals surface area contributed by atoms with E-state index in [2.05, 4.69) is 0 Å². The predicted molar refractivity (Wildman–Crippen MR) is 121 cm³/mol. The first-order valence-electron chi connectivity index (χ1n) is 11.5. The summed E-state index contributed by atoms with van der Waals surface area (Å²) in [6.45, 7) is 7.34. The third-order valence-electron chi connectivity index (χ3n) is 6.29. The Morgan fingerprint density at radius 2 is 1.94 bits per heavy atom. The number of benzene rings is 1. The van der Waals surface area contributed by atoms with Gasteiger partial charge in [-0.15, -0.1) is 0 Å². The van der Waals surface area contributed by atoms with Gasteiger partial charge in [0.2, 0.25) is 6.79 Å². The largest absolute Gasteiger partial charge is 0.466 e. The molecule has 3 aliphatic heterocycles. The van der Waals surface area contributed by atoms with E-state index in [0.717, 1.165) is 0 Å². The van der Waals surface area contributed by atoms with E-state index < -0.39 is 30.1 Å². The number of methoxy groups -OCH3 is 1. The Morgan fingerprint density at radius 1 is 1.15 bits per heavy atom. The number of hydrogen-bond acceptors (Lipinski definition) is 9. The molecular weight excluding hydrogens is 444 g/mol. The molecule has 4 atom stereocenters. The minimum atomic E-state index is -0.859. The van der Waals surface area contributed by atoms with Crippen molar-refractivity contribution in [3.63, 3.8) is 0 Å². The first kappa shape index (κ1) is 24.5. The van der Waals surface area contributed by atoms with Crippen molar-refractivity contribution in [3.05, 3.63) is 23.3 Å². The summed E-state index contributed by atoms with van der Waals surface area (Å²) >= 11 is 0. The summed E-state index contributed by atoms with van der Waals surface area (Å²) in [5, 5.41) is 0. The van der Waals surface area contributed by atoms with Gasteiger partial charge in [-0.05, 0) is 39.5 Å². The van der Waals surface area contributed by atoms with E-state index in [4.69, 9.17) is 33.2 Å². The number of ether oxygens (including phenoxy) is 7. The van der Waals surface area contributed by atoms with Crippen molar-refractivity contribution in [1.82, 2.24) is 0 Å². The summed E-state index contributed by atoms with van der Waals surface area (Å²) in [6.07, 6.45) is 3.31. The lowest BCUT2D eigenvalue weighted by molar-refractivity contribution is -0.155. The van der Waals surface area contributed by atoms with Crippen LogP contribution in [0.4, 0.5) is 0 Å². The molecule has 1 fully saturated rings. The van der Waals surface area contributed by atoms with Gasteiger partial charge in [-0.1, -0.05) is 19.1 Å². The minimum absolute atomic E-state index is 0.0142. The van der Waals surface area contributed by atoms with Crippen molar-refractivity contribution in [2.75, 3.05) is 20.7 Å². The highest BCUT2D eigenvalue weighted by Crippen LogP contribution is 2.44. The maximum Gasteiger partial charge on any atom is 0.342 e. The van der Waals surface area contributed by atoms with Crippen LogP contribution in [-0.2, 0) is 23.7 Å². The second-order valence-corrected chi connectivity index (χ2v) is 9.27. The number of rotatable bonds is 3. The number of fused-ring (bicyclic) bond motifs is 4. The van der Waals surface area contributed by atoms with Crippen LogP contribution >= 0.6 is 0 Å². The Morgan fingerprint density at radius 3 is 2.71 bits per heavy atom. The van der Waals surface area contributed by atoms with E-state index in [1.165, 1.54) is 7.11 Å². The Bertz CT molecular complexity index is 968. The zero-order chi connectivity index (χ0) is 24.5. The summed E-state index contributed by atoms with van der Waals surface area (Å²) in [4.78, 5) is 26.3. The fraction of sp³-hybridized carbons (Fsp3) is 0.600. The highest BCUT2D eigenvalue weighted by atomic mass is 16.8. The number of hydrogen-bond donors (Lipinski definition) is 0. The zero-order valence-electron chi connectivity index (χ0n) is 20.3. The SMILES string of the molecule is COCOc1cc2c(c3c1C(=O)O[C@@H](C)[C@H](C)CCC(=O)[C@H]1OC(C)(C)O[C@H]1CC=C3)OCO2. The van der Waals surface area contributed by atoms with Gasteiger partial charge in [-0.3, -0.25) is 4.79 Å². The Labute approximate surface area is 199 Å². The number of carbonyl (C=O) groups excluding carboxylic acids is 2. The van der Waals surface area contributed by atoms with E-state index >= 15 is 0 Å². The fourth-order valence-corrected chi connectivity index (χ4v) is 4.34. The standard InChI is InChI=1S/C25H32O9/c1-14-9-10-17(26)23-18(33-25(3,4)34-23)8-6-7-16-21(24(27)32-15(14)2)19(29-12-28-5)11-20-22(16)31-13-30-20/h6-7,11,14-15,18,23H,8-10,12-13H2,1-5H3/t14-,15+,18+,23-/m1/s1. The number of esters is 1. The summed E-state index contributed by atoms with van der Waals surface area (Å²) in [7, 11) is 1.50. The third kappa shape index (κ3) is 5.06. The van der Waals surface area contributed by atoms with Gasteiger partial charge in [0.15, 0.2) is 29.9 Å². The van der Waals surface area contributed by atoms with Crippen molar-refractivity contribution in [2.45, 2.75) is 71.1 Å². The van der Waals surface area contributed by atoms with Gasteiger partial charge in [0.25, 0.3) is 0 Å². The van der Waals surface area contributed by atoms with Crippen molar-refractivity contribution < 1.29 is 42.7 Å². The molecule has 3 aliphatic rings. The predicted octanol–water partition coefficient (Wildman–Crippen LogP) is 3.87. The number of ketones is 1. The molecule has 1 saturated heterocycles. The van der Waals surface area contributed by atoms with Crippen LogP contribution in [-0.4, -0.2) is 56.5 Å². The highest BCUT2D eigenvalue weighted by molar-refractivity contribution is 5.99. The zero-order valence-corrected chi connectivity index (χ0v) is 20.3. The molecule has 0 bridgehead atoms. The average molecular weight is 477 g/mol. The molecular formula is C25H32O9. The second kappa shape index (κ2) is 9.93. The lowest BCUT2D eigenvalue weighted by Crippen LogP contribution is -2.32. The van der Waals surface area contributed by atoms with Crippen molar-refractivity contribution >= 4 is 17.8 Å². The Balaban J connectivity index is 1.78. The van der Waals surface area contributed by atoms with Crippen LogP contribution in [0.5, 0.6) is 17.2 Å². The molecule has 0 radical (unpaired) electrons. The lowest BCUT2D eigenvalue weighted by Gasteiger charge is -2.23. The number of carbonyl (C=O) groups is 2. The van der Waals surface area contributed by atoms with Gasteiger partial charge in [-0.2, -0.15) is 0 Å². The molecule has 1 aromatic carbocycles. The van der Waals surface area contributed by atoms with Gasteiger partial charge in [0, 0.05) is 25.2 Å². The van der Waals surface area contributed by atoms with Gasteiger partial charge in [0.05, 0.1) is 6.10 Å². The normalized spacial score (nSPS) is 28.6. The third-order valence-corrected chi connectivity index (χ3v) is 6.29. The van der Waals surface area contributed by atoms with Crippen molar-refractivity contribution in [2.24, 2.45) is 5.92 Å². The second-order valence-electron chi connectivity index (χ2n) is 9.27. The minimum Gasteiger partial charge on any atom is -0.466 e. The maximum atomic E-state index is 13.4. The molecule has 9 heteroatoms. The molecule has 186 valence electrons. The first-order valence-corrected chi connectivity index (χ1v) is 11.5. The molecule has 34 heavy (non-hydrogen) atoms. The average Bonchev–Trinajstić information content (AvgIpc) is 3.38. The van der Waals surface area contributed by atoms with Gasteiger partial charge < -0.3 is 33.2 Å². The van der Waals surface area contributed by atoms with Crippen LogP contribution in [0.15, 0.2) is 12.1 Å². The number of Topliss-reactive ketones (excluding diaryl/α,β-unsaturated/α-hetero) is 1. The van der Waals surface area contributed by atoms with Crippen LogP contribution in [0.25, 0.3) is 6.08 Å². The quantitative estimate of drug-likeness (QED) is 0.476. The molecule has 0 amide bonds. The van der Waals surface area contributed by atoms with E-state index in [9.17, 15) is 9.59 Å². The summed E-state index contributed by atoms with van der Waals surface area (Å²) in [6, 6.07) is 1.61. The van der Waals surface area contributed by atoms with E-state index in [1.807, 2.05) is 19.9 Å². The molecule has 0 N–H and O–H groups in total. The molecule has 3 heterocycles. The molecule has 0 saturated carbocycles. The van der Waals surface area contributed by atoms with Crippen LogP contribution in [0.3, 0.4) is 0 Å². The molecule has 9 nitrogen and oxygen atoms in total. The van der Waals surface area contributed by atoms with Crippen LogP contribution in [0, 0.1) is 5.92 Å². The lowest BCUT2D eigenvalue weighted by atomic mass is 9.94. The summed E-state index contributed by atoms with van der Waals surface area (Å²) in [5.74, 6) is -0.316. The van der Waals surface area contributed by atoms with Crippen LogP contribution in [0.2, 0.25) is 0 Å². The molecule has 0 aliphatic carbocycles. The number of cyclic esters (lactones) is 1. The van der Waals surface area contributed by atoms with Crippen LogP contribution in [0.1, 0.15) is 62.9 Å². The summed E-state index contributed by atoms with van der Waals surface area (Å²) < 4.78 is 39.8. The van der Waals surface area contributed by atoms with E-state index in [-0.39, 0.29) is 36.6 Å².